The van der Waals surface area contributed by atoms with Crippen LogP contribution in [0.1, 0.15) is 17.9 Å². The summed E-state index contributed by atoms with van der Waals surface area (Å²) in [6.45, 7) is 0. The molecule has 0 fully saturated rings. The number of carbonyl (C=O) groups is 2. The van der Waals surface area contributed by atoms with Crippen LogP contribution in [0.3, 0.4) is 0 Å². The van der Waals surface area contributed by atoms with E-state index in [2.05, 4.69) is 10.1 Å². The number of rotatable bonds is 2. The van der Waals surface area contributed by atoms with Crippen molar-refractivity contribution in [3.8, 4) is 0 Å². The number of nitrogens with two attached hydrogens (primary N) is 1. The predicted octanol–water partition coefficient (Wildman–Crippen LogP) is 1.92. The fraction of sp³-hybridized carbons (Fsp3) is 0.333. The van der Waals surface area contributed by atoms with Crippen LogP contribution in [0.5, 0.6) is 0 Å². The Balaban J connectivity index is 2.49. The SMILES string of the molecule is COC(=O)[C@H]1C[C@@H](C(N)=O)c2c(Cl)cc(Cl)cc2N1. The Kier molecular flexibility index (Phi) is 3.87. The Morgan fingerprint density at radius 2 is 2.11 bits per heavy atom. The van der Waals surface area contributed by atoms with Gasteiger partial charge in [-0.1, -0.05) is 23.2 Å². The second-order valence-corrected chi connectivity index (χ2v) is 5.10. The maximum Gasteiger partial charge on any atom is 0.328 e. The first-order valence-electron chi connectivity index (χ1n) is 5.56. The lowest BCUT2D eigenvalue weighted by atomic mass is 9.86. The van der Waals surface area contributed by atoms with Gasteiger partial charge in [0.25, 0.3) is 0 Å². The number of anilines is 1. The van der Waals surface area contributed by atoms with Crippen molar-refractivity contribution < 1.29 is 14.3 Å². The Bertz CT molecular complexity index is 548. The van der Waals surface area contributed by atoms with Crippen LogP contribution in [0.25, 0.3) is 0 Å². The molecule has 2 atom stereocenters. The van der Waals surface area contributed by atoms with Gasteiger partial charge in [0.15, 0.2) is 0 Å². The van der Waals surface area contributed by atoms with Gasteiger partial charge >= 0.3 is 5.97 Å². The highest BCUT2D eigenvalue weighted by molar-refractivity contribution is 6.36. The maximum atomic E-state index is 11.6. The molecule has 7 heteroatoms. The lowest BCUT2D eigenvalue weighted by Crippen LogP contribution is -2.39. The normalized spacial score (nSPS) is 21.2. The number of hydrogen-bond acceptors (Lipinski definition) is 4. The Morgan fingerprint density at radius 3 is 2.68 bits per heavy atom. The molecule has 2 rings (SSSR count). The summed E-state index contributed by atoms with van der Waals surface area (Å²) in [4.78, 5) is 23.2. The zero-order valence-electron chi connectivity index (χ0n) is 10.1. The van der Waals surface area contributed by atoms with Crippen LogP contribution in [-0.4, -0.2) is 25.0 Å². The van der Waals surface area contributed by atoms with Crippen LogP contribution in [0.4, 0.5) is 5.69 Å². The number of fused-ring (bicyclic) bond motifs is 1. The number of methoxy groups -OCH3 is 1. The second-order valence-electron chi connectivity index (χ2n) is 4.26. The minimum Gasteiger partial charge on any atom is -0.467 e. The number of halogens is 2. The van der Waals surface area contributed by atoms with E-state index in [1.54, 1.807) is 6.07 Å². The Labute approximate surface area is 120 Å². The van der Waals surface area contributed by atoms with E-state index in [9.17, 15) is 9.59 Å². The minimum absolute atomic E-state index is 0.205. The number of carbonyl (C=O) groups excluding carboxylic acids is 2. The zero-order chi connectivity index (χ0) is 14.2. The molecule has 0 unspecified atom stereocenters. The van der Waals surface area contributed by atoms with Gasteiger partial charge in [-0.3, -0.25) is 4.79 Å². The van der Waals surface area contributed by atoms with Crippen LogP contribution < -0.4 is 11.1 Å². The predicted molar refractivity (Wildman–Crippen MR) is 72.4 cm³/mol. The molecule has 5 nitrogen and oxygen atoms in total. The average Bonchev–Trinajstić information content (AvgIpc) is 2.35. The third kappa shape index (κ3) is 2.62. The van der Waals surface area contributed by atoms with E-state index in [1.807, 2.05) is 0 Å². The average molecular weight is 303 g/mol. The van der Waals surface area contributed by atoms with Gasteiger partial charge in [0.1, 0.15) is 6.04 Å². The topological polar surface area (TPSA) is 81.4 Å². The van der Waals surface area contributed by atoms with Crippen LogP contribution in [0.15, 0.2) is 12.1 Å². The number of esters is 1. The van der Waals surface area contributed by atoms with Crippen molar-refractivity contribution in [1.29, 1.82) is 0 Å². The molecule has 1 aliphatic rings. The molecular weight excluding hydrogens is 291 g/mol. The largest absolute Gasteiger partial charge is 0.467 e. The highest BCUT2D eigenvalue weighted by atomic mass is 35.5. The van der Waals surface area contributed by atoms with Crippen LogP contribution >= 0.6 is 23.2 Å². The van der Waals surface area contributed by atoms with E-state index >= 15 is 0 Å². The van der Waals surface area contributed by atoms with Gasteiger partial charge < -0.3 is 15.8 Å². The molecule has 0 aliphatic carbocycles. The third-order valence-electron chi connectivity index (χ3n) is 3.07. The molecule has 0 saturated heterocycles. The summed E-state index contributed by atoms with van der Waals surface area (Å²) in [7, 11) is 1.28. The molecule has 0 bridgehead atoms. The number of hydrogen-bond donors (Lipinski definition) is 2. The van der Waals surface area contributed by atoms with Gasteiger partial charge in [0, 0.05) is 21.3 Å². The molecule has 1 aromatic carbocycles. The summed E-state index contributed by atoms with van der Waals surface area (Å²) in [6.07, 6.45) is 0.205. The van der Waals surface area contributed by atoms with E-state index in [0.29, 0.717) is 21.3 Å². The van der Waals surface area contributed by atoms with E-state index in [4.69, 9.17) is 28.9 Å². The maximum absolute atomic E-state index is 11.6. The van der Waals surface area contributed by atoms with Crippen LogP contribution in [-0.2, 0) is 14.3 Å². The number of amides is 1. The summed E-state index contributed by atoms with van der Waals surface area (Å²) in [5.41, 5.74) is 6.48. The second kappa shape index (κ2) is 5.27. The lowest BCUT2D eigenvalue weighted by Gasteiger charge is -2.31. The fourth-order valence-electron chi connectivity index (χ4n) is 2.21. The molecule has 0 spiro atoms. The van der Waals surface area contributed by atoms with Crippen molar-refractivity contribution in [1.82, 2.24) is 0 Å². The molecule has 102 valence electrons. The molecule has 3 N–H and O–H groups in total. The third-order valence-corrected chi connectivity index (χ3v) is 3.60. The molecule has 0 saturated carbocycles. The Hall–Kier alpha value is -1.46. The van der Waals surface area contributed by atoms with Gasteiger partial charge in [-0.2, -0.15) is 0 Å². The number of ether oxygens (including phenoxy) is 1. The van der Waals surface area contributed by atoms with Gasteiger partial charge in [0.05, 0.1) is 13.0 Å². The number of nitrogens with one attached hydrogen (secondary N) is 1. The molecule has 1 heterocycles. The van der Waals surface area contributed by atoms with Gasteiger partial charge in [-0.05, 0) is 18.6 Å². The first-order chi connectivity index (χ1) is 8.93. The zero-order valence-corrected chi connectivity index (χ0v) is 11.6. The van der Waals surface area contributed by atoms with Gasteiger partial charge in [-0.25, -0.2) is 4.79 Å². The highest BCUT2D eigenvalue weighted by Gasteiger charge is 2.35. The van der Waals surface area contributed by atoms with E-state index < -0.39 is 23.8 Å². The van der Waals surface area contributed by atoms with E-state index in [-0.39, 0.29) is 6.42 Å². The van der Waals surface area contributed by atoms with Crippen molar-refractivity contribution in [2.24, 2.45) is 5.73 Å². The summed E-state index contributed by atoms with van der Waals surface area (Å²) >= 11 is 12.0. The quantitative estimate of drug-likeness (QED) is 0.818. The molecular formula is C12H12Cl2N2O3. The summed E-state index contributed by atoms with van der Waals surface area (Å²) in [5, 5.41) is 3.72. The summed E-state index contributed by atoms with van der Waals surface area (Å²) in [6, 6.07) is 2.50. The van der Waals surface area contributed by atoms with Crippen LogP contribution in [0, 0.1) is 0 Å². The van der Waals surface area contributed by atoms with Crippen molar-refractivity contribution >= 4 is 40.8 Å². The standard InChI is InChI=1S/C12H12Cl2N2O3/c1-19-12(18)9-4-6(11(15)17)10-7(14)2-5(13)3-8(10)16-9/h2-3,6,9,16H,4H2,1H3,(H2,15,17)/t6-,9-/m1/s1. The van der Waals surface area contributed by atoms with E-state index in [1.165, 1.54) is 13.2 Å². The van der Waals surface area contributed by atoms with Crippen LogP contribution in [0.2, 0.25) is 10.0 Å². The molecule has 1 aliphatic heterocycles. The molecule has 0 radical (unpaired) electrons. The highest BCUT2D eigenvalue weighted by Crippen LogP contribution is 2.40. The van der Waals surface area contributed by atoms with Gasteiger partial charge in [0.2, 0.25) is 5.91 Å². The van der Waals surface area contributed by atoms with Crippen molar-refractivity contribution in [3.63, 3.8) is 0 Å². The monoisotopic (exact) mass is 302 g/mol. The van der Waals surface area contributed by atoms with Crippen molar-refractivity contribution in [3.05, 3.63) is 27.7 Å². The lowest BCUT2D eigenvalue weighted by molar-refractivity contribution is -0.141. The first kappa shape index (κ1) is 14.0. The summed E-state index contributed by atoms with van der Waals surface area (Å²) in [5.74, 6) is -1.65. The molecule has 1 amide bonds. The van der Waals surface area contributed by atoms with Gasteiger partial charge in [-0.15, -0.1) is 0 Å². The minimum atomic E-state index is -0.649. The molecule has 0 aromatic heterocycles. The van der Waals surface area contributed by atoms with E-state index in [0.717, 1.165) is 0 Å². The smallest absolute Gasteiger partial charge is 0.328 e. The fourth-order valence-corrected chi connectivity index (χ4v) is 2.84. The first-order valence-corrected chi connectivity index (χ1v) is 6.32. The Morgan fingerprint density at radius 1 is 1.42 bits per heavy atom. The van der Waals surface area contributed by atoms with Crippen molar-refractivity contribution in [2.75, 3.05) is 12.4 Å². The molecule has 19 heavy (non-hydrogen) atoms. The summed E-state index contributed by atoms with van der Waals surface area (Å²) < 4.78 is 4.67. The number of benzene rings is 1. The molecule has 1 aromatic rings. The number of primary amides is 1. The van der Waals surface area contributed by atoms with Crippen molar-refractivity contribution in [2.45, 2.75) is 18.4 Å².